The van der Waals surface area contributed by atoms with Crippen LogP contribution in [-0.4, -0.2) is 36.1 Å². The van der Waals surface area contributed by atoms with Crippen LogP contribution in [-0.2, 0) is 10.9 Å². The third kappa shape index (κ3) is 4.66. The van der Waals surface area contributed by atoms with Gasteiger partial charge in [0.25, 0.3) is 5.91 Å². The number of methoxy groups -OCH3 is 1. The number of halogens is 3. The Morgan fingerprint density at radius 3 is 2.71 bits per heavy atom. The van der Waals surface area contributed by atoms with Gasteiger partial charge in [0.15, 0.2) is 0 Å². The van der Waals surface area contributed by atoms with Crippen LogP contribution in [0.15, 0.2) is 36.5 Å². The van der Waals surface area contributed by atoms with Gasteiger partial charge < -0.3 is 15.4 Å². The lowest BCUT2D eigenvalue weighted by Gasteiger charge is -2.13. The fourth-order valence-corrected chi connectivity index (χ4v) is 1.86. The summed E-state index contributed by atoms with van der Waals surface area (Å²) in [5.41, 5.74) is -1.31. The first kappa shape index (κ1) is 17.7. The number of ether oxygens (including phenoxy) is 1. The highest BCUT2D eigenvalue weighted by Gasteiger charge is 2.33. The van der Waals surface area contributed by atoms with Crippen molar-refractivity contribution in [1.82, 2.24) is 9.97 Å². The Morgan fingerprint density at radius 2 is 2.00 bits per heavy atom. The molecule has 2 rings (SSSR count). The summed E-state index contributed by atoms with van der Waals surface area (Å²) < 4.78 is 43.7. The monoisotopic (exact) mass is 340 g/mol. The Bertz CT molecular complexity index is 707. The Morgan fingerprint density at radius 1 is 1.25 bits per heavy atom. The predicted octanol–water partition coefficient (Wildman–Crippen LogP) is 2.81. The third-order valence-corrected chi connectivity index (χ3v) is 2.96. The lowest BCUT2D eigenvalue weighted by atomic mass is 10.1. The number of alkyl halides is 3. The molecule has 24 heavy (non-hydrogen) atoms. The number of rotatable bonds is 6. The summed E-state index contributed by atoms with van der Waals surface area (Å²) in [6, 6.07) is 6.05. The number of hydrogen-bond donors (Lipinski definition) is 2. The molecule has 128 valence electrons. The van der Waals surface area contributed by atoms with Crippen molar-refractivity contribution in [3.05, 3.63) is 47.8 Å². The van der Waals surface area contributed by atoms with Crippen molar-refractivity contribution in [1.29, 1.82) is 0 Å². The molecule has 0 unspecified atom stereocenters. The summed E-state index contributed by atoms with van der Waals surface area (Å²) in [5.74, 6) is -0.576. The summed E-state index contributed by atoms with van der Waals surface area (Å²) in [7, 11) is 1.53. The Balaban J connectivity index is 2.15. The number of nitrogens with one attached hydrogen (secondary N) is 2. The molecule has 0 saturated heterocycles. The number of carbonyl (C=O) groups excluding carboxylic acids is 1. The van der Waals surface area contributed by atoms with E-state index in [-0.39, 0.29) is 17.3 Å². The molecule has 1 aromatic heterocycles. The van der Waals surface area contributed by atoms with Gasteiger partial charge in [0, 0.05) is 19.9 Å². The van der Waals surface area contributed by atoms with Crippen LogP contribution in [0.5, 0.6) is 0 Å². The third-order valence-electron chi connectivity index (χ3n) is 2.96. The van der Waals surface area contributed by atoms with Crippen molar-refractivity contribution >= 4 is 17.5 Å². The Kier molecular flexibility index (Phi) is 5.69. The molecule has 2 N–H and O–H groups in total. The maximum Gasteiger partial charge on any atom is 0.418 e. The zero-order valence-electron chi connectivity index (χ0n) is 12.7. The van der Waals surface area contributed by atoms with E-state index in [0.29, 0.717) is 13.2 Å². The van der Waals surface area contributed by atoms with Gasteiger partial charge in [-0.15, -0.1) is 0 Å². The average molecular weight is 340 g/mol. The van der Waals surface area contributed by atoms with Crippen molar-refractivity contribution in [3.8, 4) is 0 Å². The Labute approximate surface area is 136 Å². The van der Waals surface area contributed by atoms with Crippen LogP contribution in [0.4, 0.5) is 24.8 Å². The van der Waals surface area contributed by atoms with Crippen molar-refractivity contribution in [2.45, 2.75) is 6.18 Å². The van der Waals surface area contributed by atoms with Gasteiger partial charge in [0.1, 0.15) is 5.69 Å². The van der Waals surface area contributed by atoms with Gasteiger partial charge >= 0.3 is 6.18 Å². The molecule has 0 aliphatic heterocycles. The number of aromatic nitrogens is 2. The maximum absolute atomic E-state index is 12.9. The van der Waals surface area contributed by atoms with Gasteiger partial charge in [-0.1, -0.05) is 12.1 Å². The van der Waals surface area contributed by atoms with Gasteiger partial charge in [0.2, 0.25) is 5.95 Å². The fraction of sp³-hybridized carbons (Fsp3) is 0.267. The number of benzene rings is 1. The van der Waals surface area contributed by atoms with Crippen LogP contribution in [0.25, 0.3) is 0 Å². The minimum absolute atomic E-state index is 0.0538. The molecule has 0 radical (unpaired) electrons. The van der Waals surface area contributed by atoms with Gasteiger partial charge in [-0.05, 0) is 18.2 Å². The molecule has 1 aromatic carbocycles. The van der Waals surface area contributed by atoms with Crippen molar-refractivity contribution in [3.63, 3.8) is 0 Å². The van der Waals surface area contributed by atoms with E-state index in [1.165, 1.54) is 37.6 Å². The lowest BCUT2D eigenvalue weighted by molar-refractivity contribution is -0.136. The molecule has 6 nitrogen and oxygen atoms in total. The minimum atomic E-state index is -4.57. The largest absolute Gasteiger partial charge is 0.418 e. The molecule has 9 heteroatoms. The van der Waals surface area contributed by atoms with Gasteiger partial charge in [0.05, 0.1) is 17.9 Å². The number of hydrogen-bond acceptors (Lipinski definition) is 5. The molecule has 0 bridgehead atoms. The first-order valence-corrected chi connectivity index (χ1v) is 6.95. The Hall–Kier alpha value is -2.68. The van der Waals surface area contributed by atoms with Crippen molar-refractivity contribution in [2.24, 2.45) is 0 Å². The van der Waals surface area contributed by atoms with Crippen LogP contribution in [0.3, 0.4) is 0 Å². The zero-order valence-corrected chi connectivity index (χ0v) is 12.7. The molecular weight excluding hydrogens is 325 g/mol. The molecule has 0 spiro atoms. The highest BCUT2D eigenvalue weighted by atomic mass is 19.4. The SMILES string of the molecule is COCCNc1nccc(C(=O)Nc2ccccc2C(F)(F)F)n1. The van der Waals surface area contributed by atoms with Crippen LogP contribution in [0.2, 0.25) is 0 Å². The van der Waals surface area contributed by atoms with Crippen molar-refractivity contribution in [2.75, 3.05) is 30.9 Å². The second-order valence-corrected chi connectivity index (χ2v) is 4.68. The normalized spacial score (nSPS) is 11.2. The summed E-state index contributed by atoms with van der Waals surface area (Å²) in [5, 5.41) is 5.06. The van der Waals surface area contributed by atoms with E-state index in [2.05, 4.69) is 20.6 Å². The lowest BCUT2D eigenvalue weighted by Crippen LogP contribution is -2.19. The predicted molar refractivity (Wildman–Crippen MR) is 81.8 cm³/mol. The molecule has 1 heterocycles. The van der Waals surface area contributed by atoms with E-state index < -0.39 is 17.6 Å². The van der Waals surface area contributed by atoms with Gasteiger partial charge in [-0.25, -0.2) is 9.97 Å². The van der Waals surface area contributed by atoms with E-state index in [1.807, 2.05) is 0 Å². The molecule has 0 fully saturated rings. The smallest absolute Gasteiger partial charge is 0.383 e. The number of carbonyl (C=O) groups is 1. The van der Waals surface area contributed by atoms with Crippen LogP contribution < -0.4 is 10.6 Å². The van der Waals surface area contributed by atoms with Crippen LogP contribution >= 0.6 is 0 Å². The minimum Gasteiger partial charge on any atom is -0.383 e. The van der Waals surface area contributed by atoms with Gasteiger partial charge in [-0.3, -0.25) is 4.79 Å². The molecule has 0 aliphatic rings. The molecule has 0 atom stereocenters. The quantitative estimate of drug-likeness (QED) is 0.791. The number of nitrogens with zero attached hydrogens (tertiary/aromatic N) is 2. The second-order valence-electron chi connectivity index (χ2n) is 4.68. The van der Waals surface area contributed by atoms with Crippen LogP contribution in [0, 0.1) is 0 Å². The summed E-state index contributed by atoms with van der Waals surface area (Å²) in [6.07, 6.45) is -3.23. The first-order valence-electron chi connectivity index (χ1n) is 6.95. The van der Waals surface area contributed by atoms with E-state index in [4.69, 9.17) is 4.74 Å². The standard InChI is InChI=1S/C15H15F3N4O2/c1-24-9-8-20-14-19-7-6-12(22-14)13(23)21-11-5-3-2-4-10(11)15(16,17)18/h2-7H,8-9H2,1H3,(H,21,23)(H,19,20,22). The van der Waals surface area contributed by atoms with E-state index >= 15 is 0 Å². The second kappa shape index (κ2) is 7.73. The molecule has 1 amide bonds. The topological polar surface area (TPSA) is 76.1 Å². The summed E-state index contributed by atoms with van der Waals surface area (Å²) in [6.45, 7) is 0.844. The first-order chi connectivity index (χ1) is 11.4. The number of anilines is 2. The van der Waals surface area contributed by atoms with E-state index in [1.54, 1.807) is 0 Å². The molecule has 2 aromatic rings. The highest BCUT2D eigenvalue weighted by molar-refractivity contribution is 6.03. The molecular formula is C15H15F3N4O2. The van der Waals surface area contributed by atoms with Gasteiger partial charge in [-0.2, -0.15) is 13.2 Å². The maximum atomic E-state index is 12.9. The average Bonchev–Trinajstić information content (AvgIpc) is 2.55. The van der Waals surface area contributed by atoms with Crippen molar-refractivity contribution < 1.29 is 22.7 Å². The summed E-state index contributed by atoms with van der Waals surface area (Å²) >= 11 is 0. The zero-order chi connectivity index (χ0) is 17.6. The fourth-order valence-electron chi connectivity index (χ4n) is 1.86. The number of amides is 1. The van der Waals surface area contributed by atoms with E-state index in [0.717, 1.165) is 6.07 Å². The summed E-state index contributed by atoms with van der Waals surface area (Å²) in [4.78, 5) is 20.0. The molecule has 0 saturated carbocycles. The number of para-hydroxylation sites is 1. The highest BCUT2D eigenvalue weighted by Crippen LogP contribution is 2.34. The van der Waals surface area contributed by atoms with E-state index in [9.17, 15) is 18.0 Å². The van der Waals surface area contributed by atoms with Crippen LogP contribution in [0.1, 0.15) is 16.1 Å². The molecule has 0 aliphatic carbocycles.